The normalized spacial score (nSPS) is 11.9. The fraction of sp³-hybridized carbons (Fsp3) is 0.158. The zero-order chi connectivity index (χ0) is 16.9. The second-order valence-corrected chi connectivity index (χ2v) is 6.44. The van der Waals surface area contributed by atoms with Crippen LogP contribution in [0.25, 0.3) is 0 Å². The topological polar surface area (TPSA) is 56.0 Å². The van der Waals surface area contributed by atoms with Crippen LogP contribution in [0.1, 0.15) is 39.3 Å². The maximum atomic E-state index is 12.5. The van der Waals surface area contributed by atoms with Crippen molar-refractivity contribution in [2.75, 3.05) is 0 Å². The number of nitrogens with zero attached hydrogens (tertiary/aromatic N) is 1. The zero-order valence-corrected chi connectivity index (χ0v) is 14.1. The molecule has 3 aromatic rings. The number of rotatable bonds is 5. The van der Waals surface area contributed by atoms with E-state index in [2.05, 4.69) is 36.5 Å². The fourth-order valence-corrected chi connectivity index (χ4v) is 3.30. The Labute approximate surface area is 145 Å². The molecule has 4 nitrogen and oxygen atoms in total. The maximum absolute atomic E-state index is 12.5. The highest BCUT2D eigenvalue weighted by atomic mass is 32.1. The van der Waals surface area contributed by atoms with Crippen molar-refractivity contribution in [2.24, 2.45) is 0 Å². The van der Waals surface area contributed by atoms with E-state index in [1.54, 1.807) is 11.3 Å². The highest BCUT2D eigenvalue weighted by molar-refractivity contribution is 7.10. The third-order valence-electron chi connectivity index (χ3n) is 3.89. The molecule has 0 fully saturated rings. The van der Waals surface area contributed by atoms with Gasteiger partial charge in [0.1, 0.15) is 0 Å². The number of benzene rings is 1. The Kier molecular flexibility index (Phi) is 4.91. The lowest BCUT2D eigenvalue weighted by molar-refractivity contribution is -0.605. The number of hydrogen-bond donors (Lipinski definition) is 1. The Morgan fingerprint density at radius 3 is 2.46 bits per heavy atom. The second kappa shape index (κ2) is 7.27. The molecule has 1 aromatic carbocycles. The molecule has 24 heavy (non-hydrogen) atoms. The molecule has 122 valence electrons. The van der Waals surface area contributed by atoms with Crippen molar-refractivity contribution in [1.29, 1.82) is 0 Å². The third-order valence-corrected chi connectivity index (χ3v) is 4.83. The summed E-state index contributed by atoms with van der Waals surface area (Å²) in [6, 6.07) is 15.1. The minimum absolute atomic E-state index is 0.200. The summed E-state index contributed by atoms with van der Waals surface area (Å²) in [5, 5.41) is 16.2. The Morgan fingerprint density at radius 2 is 1.88 bits per heavy atom. The number of carbonyl (C=O) groups is 1. The van der Waals surface area contributed by atoms with Gasteiger partial charge in [0.05, 0.1) is 11.6 Å². The van der Waals surface area contributed by atoms with Gasteiger partial charge in [-0.3, -0.25) is 4.79 Å². The van der Waals surface area contributed by atoms with Gasteiger partial charge in [0.25, 0.3) is 5.91 Å². The Morgan fingerprint density at radius 1 is 1.17 bits per heavy atom. The van der Waals surface area contributed by atoms with Crippen LogP contribution in [0.5, 0.6) is 0 Å². The Bertz CT molecular complexity index is 796. The first-order chi connectivity index (χ1) is 11.7. The van der Waals surface area contributed by atoms with Gasteiger partial charge in [0.2, 0.25) is 0 Å². The van der Waals surface area contributed by atoms with Gasteiger partial charge in [0, 0.05) is 17.0 Å². The minimum atomic E-state index is -0.206. The maximum Gasteiger partial charge on any atom is 0.252 e. The molecule has 1 atom stereocenters. The average Bonchev–Trinajstić information content (AvgIpc) is 3.14. The summed E-state index contributed by atoms with van der Waals surface area (Å²) in [7, 11) is 0. The molecule has 2 heterocycles. The highest BCUT2D eigenvalue weighted by Crippen LogP contribution is 2.26. The Hall–Kier alpha value is -2.66. The van der Waals surface area contributed by atoms with Crippen LogP contribution in [0.15, 0.2) is 66.3 Å². The van der Waals surface area contributed by atoms with Crippen LogP contribution in [0.2, 0.25) is 0 Å². The van der Waals surface area contributed by atoms with E-state index in [9.17, 15) is 10.0 Å². The second-order valence-electron chi connectivity index (χ2n) is 5.46. The molecule has 2 aromatic heterocycles. The summed E-state index contributed by atoms with van der Waals surface area (Å²) in [5.41, 5.74) is 2.77. The SMILES string of the molecule is CCc1ccc(C(NC(=O)c2cc[n+]([O-])cc2)c2cccs2)cc1. The number of aryl methyl sites for hydroxylation is 1. The standard InChI is InChI=1S/C19H18N2O2S/c1-2-14-5-7-15(8-6-14)18(17-4-3-13-24-17)20-19(22)16-9-11-21(23)12-10-16/h3-13,18H,2H2,1H3,(H,20,22). The van der Waals surface area contributed by atoms with Crippen molar-refractivity contribution < 1.29 is 9.52 Å². The molecule has 1 amide bonds. The first-order valence-electron chi connectivity index (χ1n) is 7.79. The molecule has 0 saturated heterocycles. The van der Waals surface area contributed by atoms with Gasteiger partial charge >= 0.3 is 0 Å². The lowest BCUT2D eigenvalue weighted by atomic mass is 10.0. The fourth-order valence-electron chi connectivity index (χ4n) is 2.50. The largest absolute Gasteiger partial charge is 0.619 e. The molecule has 0 spiro atoms. The van der Waals surface area contributed by atoms with Crippen molar-refractivity contribution >= 4 is 17.2 Å². The lowest BCUT2D eigenvalue weighted by Gasteiger charge is -2.18. The van der Waals surface area contributed by atoms with E-state index in [-0.39, 0.29) is 11.9 Å². The molecular formula is C19H18N2O2S. The van der Waals surface area contributed by atoms with Crippen LogP contribution < -0.4 is 10.0 Å². The first-order valence-corrected chi connectivity index (χ1v) is 8.67. The zero-order valence-electron chi connectivity index (χ0n) is 13.3. The molecule has 0 aliphatic carbocycles. The predicted molar refractivity (Wildman–Crippen MR) is 94.9 cm³/mol. The number of hydrogen-bond acceptors (Lipinski definition) is 3. The molecule has 1 unspecified atom stereocenters. The third kappa shape index (κ3) is 3.63. The van der Waals surface area contributed by atoms with E-state index in [4.69, 9.17) is 0 Å². The Balaban J connectivity index is 1.87. The van der Waals surface area contributed by atoms with Crippen molar-refractivity contribution in [3.63, 3.8) is 0 Å². The summed E-state index contributed by atoms with van der Waals surface area (Å²) < 4.78 is 0.664. The van der Waals surface area contributed by atoms with Crippen LogP contribution >= 0.6 is 11.3 Å². The van der Waals surface area contributed by atoms with Crippen LogP contribution in [0.3, 0.4) is 0 Å². The van der Waals surface area contributed by atoms with Gasteiger partial charge in [-0.15, -0.1) is 11.3 Å². The molecule has 3 rings (SSSR count). The van der Waals surface area contributed by atoms with Crippen molar-refractivity contribution in [3.8, 4) is 0 Å². The summed E-state index contributed by atoms with van der Waals surface area (Å²) in [6.07, 6.45) is 3.63. The number of aromatic nitrogens is 1. The monoisotopic (exact) mass is 338 g/mol. The first kappa shape index (κ1) is 16.2. The van der Waals surface area contributed by atoms with E-state index >= 15 is 0 Å². The number of pyridine rings is 1. The number of nitrogens with one attached hydrogen (secondary N) is 1. The van der Waals surface area contributed by atoms with Gasteiger partial charge in [-0.05, 0) is 29.0 Å². The van der Waals surface area contributed by atoms with Gasteiger partial charge < -0.3 is 10.5 Å². The van der Waals surface area contributed by atoms with Gasteiger partial charge in [0.15, 0.2) is 12.4 Å². The lowest BCUT2D eigenvalue weighted by Crippen LogP contribution is -2.30. The number of thiophene rings is 1. The van der Waals surface area contributed by atoms with E-state index < -0.39 is 0 Å². The summed E-state index contributed by atoms with van der Waals surface area (Å²) in [6.45, 7) is 2.12. The van der Waals surface area contributed by atoms with Crippen LogP contribution in [0, 0.1) is 5.21 Å². The van der Waals surface area contributed by atoms with Crippen molar-refractivity contribution in [2.45, 2.75) is 19.4 Å². The van der Waals surface area contributed by atoms with Crippen LogP contribution in [-0.2, 0) is 6.42 Å². The highest BCUT2D eigenvalue weighted by Gasteiger charge is 2.19. The van der Waals surface area contributed by atoms with Gasteiger partial charge in [-0.25, -0.2) is 0 Å². The van der Waals surface area contributed by atoms with E-state index in [0.29, 0.717) is 10.3 Å². The molecule has 1 N–H and O–H groups in total. The van der Waals surface area contributed by atoms with E-state index in [1.807, 2.05) is 17.5 Å². The molecular weight excluding hydrogens is 320 g/mol. The molecule has 0 aliphatic rings. The quantitative estimate of drug-likeness (QED) is 0.572. The van der Waals surface area contributed by atoms with Gasteiger partial charge in [-0.2, -0.15) is 4.73 Å². The molecule has 0 saturated carbocycles. The van der Waals surface area contributed by atoms with E-state index in [1.165, 1.54) is 30.1 Å². The number of carbonyl (C=O) groups excluding carboxylic acids is 1. The van der Waals surface area contributed by atoms with E-state index in [0.717, 1.165) is 16.9 Å². The van der Waals surface area contributed by atoms with Crippen molar-refractivity contribution in [1.82, 2.24) is 5.32 Å². The smallest absolute Gasteiger partial charge is 0.252 e. The molecule has 0 bridgehead atoms. The van der Waals surface area contributed by atoms with Crippen LogP contribution in [0.4, 0.5) is 0 Å². The molecule has 5 heteroatoms. The number of amides is 1. The summed E-state index contributed by atoms with van der Waals surface area (Å²) in [4.78, 5) is 13.6. The molecule has 0 aliphatic heterocycles. The summed E-state index contributed by atoms with van der Waals surface area (Å²) in [5.74, 6) is -0.200. The predicted octanol–water partition coefficient (Wildman–Crippen LogP) is 3.46. The minimum Gasteiger partial charge on any atom is -0.619 e. The van der Waals surface area contributed by atoms with Crippen LogP contribution in [-0.4, -0.2) is 5.91 Å². The van der Waals surface area contributed by atoms with Gasteiger partial charge in [-0.1, -0.05) is 37.3 Å². The summed E-state index contributed by atoms with van der Waals surface area (Å²) >= 11 is 1.61. The average molecular weight is 338 g/mol. The molecule has 0 radical (unpaired) electrons. The van der Waals surface area contributed by atoms with Crippen molar-refractivity contribution in [3.05, 3.63) is 93.1 Å².